The lowest BCUT2D eigenvalue weighted by Crippen LogP contribution is -2.39. The largest absolute Gasteiger partial charge is 0.508 e. The first-order valence-corrected chi connectivity index (χ1v) is 13.3. The lowest BCUT2D eigenvalue weighted by molar-refractivity contribution is 0.0672. The van der Waals surface area contributed by atoms with Gasteiger partial charge in [-0.25, -0.2) is 0 Å². The van der Waals surface area contributed by atoms with Crippen LogP contribution in [-0.4, -0.2) is 53.6 Å². The Morgan fingerprint density at radius 2 is 1.81 bits per heavy atom. The number of hydrogen-bond acceptors (Lipinski definition) is 6. The predicted molar refractivity (Wildman–Crippen MR) is 146 cm³/mol. The molecular weight excluding hydrogens is 466 g/mol. The van der Waals surface area contributed by atoms with E-state index in [9.17, 15) is 10.2 Å². The van der Waals surface area contributed by atoms with E-state index in [4.69, 9.17) is 14.2 Å². The lowest BCUT2D eigenvalue weighted by atomic mass is 9.91. The minimum Gasteiger partial charge on any atom is -0.508 e. The molecule has 1 aliphatic carbocycles. The molecule has 2 N–H and O–H groups in total. The molecule has 2 aromatic carbocycles. The maximum atomic E-state index is 10.9. The van der Waals surface area contributed by atoms with Gasteiger partial charge in [0.05, 0.1) is 19.3 Å². The quantitative estimate of drug-likeness (QED) is 0.575. The van der Waals surface area contributed by atoms with E-state index in [0.717, 1.165) is 40.6 Å². The van der Waals surface area contributed by atoms with Gasteiger partial charge in [0, 0.05) is 47.5 Å². The average molecular weight is 504 g/mol. The fourth-order valence-corrected chi connectivity index (χ4v) is 5.61. The first-order valence-electron chi connectivity index (χ1n) is 13.3. The van der Waals surface area contributed by atoms with Crippen LogP contribution in [0.25, 0.3) is 17.7 Å². The van der Waals surface area contributed by atoms with Gasteiger partial charge in [-0.05, 0) is 74.8 Å². The highest BCUT2D eigenvalue weighted by Crippen LogP contribution is 2.37. The van der Waals surface area contributed by atoms with Crippen LogP contribution < -0.4 is 19.9 Å². The molecule has 1 fully saturated rings. The van der Waals surface area contributed by atoms with Crippen LogP contribution in [0.1, 0.15) is 57.8 Å². The Kier molecular flexibility index (Phi) is 7.31. The van der Waals surface area contributed by atoms with Crippen LogP contribution in [0.2, 0.25) is 0 Å². The highest BCUT2D eigenvalue weighted by atomic mass is 16.5. The zero-order valence-electron chi connectivity index (χ0n) is 22.2. The van der Waals surface area contributed by atoms with E-state index in [-0.39, 0.29) is 17.6 Å². The van der Waals surface area contributed by atoms with Crippen molar-refractivity contribution in [3.8, 4) is 17.2 Å². The number of aliphatic hydroxyl groups excluding tert-OH is 1. The standard InChI is InChI=1S/C31H37NO5/c1-19(2)32(20(3)4)11-13-35-25-9-7-21(8-10-25)29-16-23-14-24(33)17-26-30(27(23)18-37-29)28(34)15-22-6-5-12-36-31(22)26/h6-10,14-15,17,19-20,29,33-34H,5,11-13,16,18H2,1-4H3. The number of rotatable bonds is 7. The van der Waals surface area contributed by atoms with Gasteiger partial charge >= 0.3 is 0 Å². The number of nitrogens with zero attached hydrogens (tertiary/aromatic N) is 1. The molecule has 37 heavy (non-hydrogen) atoms. The van der Waals surface area contributed by atoms with Crippen LogP contribution in [0.3, 0.4) is 0 Å². The zero-order valence-corrected chi connectivity index (χ0v) is 22.2. The van der Waals surface area contributed by atoms with E-state index >= 15 is 0 Å². The Labute approximate surface area is 218 Å². The van der Waals surface area contributed by atoms with Crippen molar-refractivity contribution in [2.45, 2.75) is 58.7 Å². The molecule has 196 valence electrons. The molecular formula is C31H37NO5. The monoisotopic (exact) mass is 503 g/mol. The highest BCUT2D eigenvalue weighted by molar-refractivity contribution is 5.78. The van der Waals surface area contributed by atoms with E-state index in [1.165, 1.54) is 0 Å². The second-order valence-corrected chi connectivity index (χ2v) is 10.5. The summed E-state index contributed by atoms with van der Waals surface area (Å²) >= 11 is 0. The van der Waals surface area contributed by atoms with Gasteiger partial charge in [0.2, 0.25) is 0 Å². The van der Waals surface area contributed by atoms with Gasteiger partial charge in [-0.3, -0.25) is 4.90 Å². The van der Waals surface area contributed by atoms with Gasteiger partial charge in [-0.15, -0.1) is 0 Å². The number of phenolic OH excluding ortho intramolecular Hbond substituents is 1. The predicted octanol–water partition coefficient (Wildman–Crippen LogP) is 4.60. The fraction of sp³-hybridized carbons (Fsp3) is 0.419. The smallest absolute Gasteiger partial charge is 0.134 e. The maximum absolute atomic E-state index is 10.9. The zero-order chi connectivity index (χ0) is 26.1. The Hall–Kier alpha value is -3.22. The molecule has 0 spiro atoms. The van der Waals surface area contributed by atoms with Crippen molar-refractivity contribution < 1.29 is 24.4 Å². The van der Waals surface area contributed by atoms with Crippen LogP contribution in [0.5, 0.6) is 17.2 Å². The molecule has 0 radical (unpaired) electrons. The van der Waals surface area contributed by atoms with Crippen LogP contribution in [0.4, 0.5) is 0 Å². The normalized spacial score (nSPS) is 18.8. The Morgan fingerprint density at radius 1 is 1.05 bits per heavy atom. The highest BCUT2D eigenvalue weighted by Gasteiger charge is 2.28. The van der Waals surface area contributed by atoms with Crippen LogP contribution >= 0.6 is 0 Å². The second-order valence-electron chi connectivity index (χ2n) is 10.5. The molecule has 0 saturated carbocycles. The minimum absolute atomic E-state index is 0.148. The molecule has 0 bridgehead atoms. The summed E-state index contributed by atoms with van der Waals surface area (Å²) in [6, 6.07) is 10.8. The minimum atomic E-state index is -0.153. The lowest BCUT2D eigenvalue weighted by Gasteiger charge is -2.30. The number of phenols is 1. The van der Waals surface area contributed by atoms with Gasteiger partial charge in [-0.2, -0.15) is 0 Å². The fourth-order valence-electron chi connectivity index (χ4n) is 5.61. The maximum Gasteiger partial charge on any atom is 0.134 e. The topological polar surface area (TPSA) is 71.4 Å². The summed E-state index contributed by atoms with van der Waals surface area (Å²) in [7, 11) is 0. The van der Waals surface area contributed by atoms with Crippen molar-refractivity contribution in [1.29, 1.82) is 0 Å². The number of fused-ring (bicyclic) bond motifs is 4. The number of ether oxygens (including phenoxy) is 3. The van der Waals surface area contributed by atoms with Gasteiger partial charge in [-0.1, -0.05) is 18.2 Å². The summed E-state index contributed by atoms with van der Waals surface area (Å²) in [5.74, 6) is 1.87. The first-order chi connectivity index (χ1) is 17.8. The first kappa shape index (κ1) is 25.4. The molecule has 6 heteroatoms. The molecule has 6 nitrogen and oxygen atoms in total. The number of aromatic hydroxyl groups is 1. The van der Waals surface area contributed by atoms with Crippen LogP contribution in [0, 0.1) is 0 Å². The van der Waals surface area contributed by atoms with Crippen molar-refractivity contribution in [2.24, 2.45) is 0 Å². The van der Waals surface area contributed by atoms with E-state index in [2.05, 4.69) is 38.7 Å². The second kappa shape index (κ2) is 10.6. The van der Waals surface area contributed by atoms with E-state index < -0.39 is 0 Å². The third-order valence-electron chi connectivity index (χ3n) is 7.39. The number of hydrogen-bond donors (Lipinski definition) is 2. The van der Waals surface area contributed by atoms with Gasteiger partial charge in [0.15, 0.2) is 0 Å². The molecule has 1 atom stereocenters. The van der Waals surface area contributed by atoms with Crippen molar-refractivity contribution in [1.82, 2.24) is 4.90 Å². The summed E-state index contributed by atoms with van der Waals surface area (Å²) in [5, 5.41) is 23.2. The van der Waals surface area contributed by atoms with E-state index in [0.29, 0.717) is 54.9 Å². The SMILES string of the molecule is CC(C)N(CCOc1ccc(C2CC3=CC(O)=Cc4c5c(cc(O)c4=C3CO2)=CCCO5)cc1)C(C)C. The summed E-state index contributed by atoms with van der Waals surface area (Å²) in [4.78, 5) is 2.42. The molecule has 1 unspecified atom stereocenters. The summed E-state index contributed by atoms with van der Waals surface area (Å²) < 4.78 is 18.2. The van der Waals surface area contributed by atoms with Gasteiger partial charge < -0.3 is 24.4 Å². The van der Waals surface area contributed by atoms with Gasteiger partial charge in [0.1, 0.15) is 29.6 Å². The number of aliphatic hydroxyl groups is 1. The average Bonchev–Trinajstić information content (AvgIpc) is 3.02. The van der Waals surface area contributed by atoms with Gasteiger partial charge in [0.25, 0.3) is 0 Å². The molecule has 2 heterocycles. The molecule has 0 aromatic heterocycles. The van der Waals surface area contributed by atoms with Crippen LogP contribution in [0.15, 0.2) is 47.7 Å². The summed E-state index contributed by atoms with van der Waals surface area (Å²) in [6.07, 6.45) is 6.76. The molecule has 0 amide bonds. The molecule has 5 rings (SSSR count). The number of allylic oxidation sites excluding steroid dienone is 1. The van der Waals surface area contributed by atoms with E-state index in [1.807, 2.05) is 24.3 Å². The van der Waals surface area contributed by atoms with Crippen molar-refractivity contribution in [3.63, 3.8) is 0 Å². The van der Waals surface area contributed by atoms with Crippen molar-refractivity contribution in [2.75, 3.05) is 26.4 Å². The third kappa shape index (κ3) is 5.27. The Morgan fingerprint density at radius 3 is 2.54 bits per heavy atom. The summed E-state index contributed by atoms with van der Waals surface area (Å²) in [5.41, 5.74) is 3.61. The van der Waals surface area contributed by atoms with Crippen molar-refractivity contribution in [3.05, 3.63) is 69.3 Å². The van der Waals surface area contributed by atoms with E-state index in [1.54, 1.807) is 18.2 Å². The molecule has 3 aliphatic rings. The molecule has 1 saturated heterocycles. The Bertz CT molecular complexity index is 1330. The molecule has 2 aromatic rings. The van der Waals surface area contributed by atoms with Crippen LogP contribution in [-0.2, 0) is 4.74 Å². The third-order valence-corrected chi connectivity index (χ3v) is 7.39. The Balaban J connectivity index is 1.34. The van der Waals surface area contributed by atoms with Crippen molar-refractivity contribution >= 4 is 17.7 Å². The summed E-state index contributed by atoms with van der Waals surface area (Å²) in [6.45, 7) is 11.3. The number of benzene rings is 2. The molecule has 2 aliphatic heterocycles.